The summed E-state index contributed by atoms with van der Waals surface area (Å²) >= 11 is 0. The van der Waals surface area contributed by atoms with Crippen LogP contribution in [0.15, 0.2) is 0 Å². The summed E-state index contributed by atoms with van der Waals surface area (Å²) in [5.41, 5.74) is 0. The number of hydrogen-bond donors (Lipinski definition) is 2. The molecule has 0 fully saturated rings. The van der Waals surface area contributed by atoms with Crippen LogP contribution in [0.25, 0.3) is 0 Å². The molecule has 8 heavy (non-hydrogen) atoms. The summed E-state index contributed by atoms with van der Waals surface area (Å²) in [6.07, 6.45) is 0. The molecule has 0 aliphatic carbocycles. The summed E-state index contributed by atoms with van der Waals surface area (Å²) in [6, 6.07) is 0. The minimum atomic E-state index is -3.92. The van der Waals surface area contributed by atoms with Crippen LogP contribution in [-0.2, 0) is 10.3 Å². The fraction of sp³-hybridized carbons (Fsp3) is 1.00. The predicted molar refractivity (Wildman–Crippen MR) is 32.0 cm³/mol. The molecule has 0 saturated carbocycles. The highest BCUT2D eigenvalue weighted by Crippen LogP contribution is 1.66. The smallest absolute Gasteiger partial charge is 0.273 e. The maximum absolute atomic E-state index is 9.68. The largest absolute Gasteiger partial charge is 0.333 e. The summed E-state index contributed by atoms with van der Waals surface area (Å²) in [7, 11) is -3.92. The molecule has 0 aromatic heterocycles. The maximum atomic E-state index is 9.68. The van der Waals surface area contributed by atoms with Gasteiger partial charge in [0.1, 0.15) is 0 Å². The van der Waals surface area contributed by atoms with Crippen LogP contribution in [0.3, 0.4) is 0 Å². The van der Waals surface area contributed by atoms with E-state index in [1.54, 1.807) is 6.92 Å². The highest BCUT2D eigenvalue weighted by atomic mass is 32.2. The van der Waals surface area contributed by atoms with Crippen molar-refractivity contribution < 1.29 is 13.0 Å². The fourth-order valence-electron chi connectivity index (χ4n) is 0.182. The Morgan fingerprint density at radius 2 is 2.00 bits per heavy atom. The monoisotopic (exact) mass is 141 g/mol. The fourth-order valence-corrected chi connectivity index (χ4v) is 0.547. The zero-order valence-corrected chi connectivity index (χ0v) is 4.70. The topological polar surface area (TPSA) is 66.4 Å². The van der Waals surface area contributed by atoms with Gasteiger partial charge in [-0.05, 0) is 0 Å². The van der Waals surface area contributed by atoms with Crippen molar-refractivity contribution in [3.8, 4) is 0 Å². The summed E-state index contributed by atoms with van der Waals surface area (Å²) in [4.78, 5) is 0. The van der Waals surface area contributed by atoms with Gasteiger partial charge in [0, 0.05) is 6.54 Å². The van der Waals surface area contributed by atoms with Crippen LogP contribution in [0, 0.1) is 0 Å². The van der Waals surface area contributed by atoms with Crippen molar-refractivity contribution in [1.82, 2.24) is 4.72 Å². The van der Waals surface area contributed by atoms with E-state index in [2.05, 4.69) is 0 Å². The van der Waals surface area contributed by atoms with Crippen LogP contribution in [-0.4, -0.2) is 19.5 Å². The average molecular weight is 141 g/mol. The molecular formula is C3H11NO3S. The Hall–Kier alpha value is -0.130. The lowest BCUT2D eigenvalue weighted by Crippen LogP contribution is -2.21. The molecule has 0 radical (unpaired) electrons. The lowest BCUT2D eigenvalue weighted by molar-refractivity contribution is 0.469. The van der Waals surface area contributed by atoms with Gasteiger partial charge in [-0.3, -0.25) is 4.55 Å². The van der Waals surface area contributed by atoms with Crippen molar-refractivity contribution in [2.75, 3.05) is 6.54 Å². The molecule has 0 atom stereocenters. The van der Waals surface area contributed by atoms with Gasteiger partial charge in [0.15, 0.2) is 0 Å². The van der Waals surface area contributed by atoms with Gasteiger partial charge in [0.05, 0.1) is 0 Å². The van der Waals surface area contributed by atoms with E-state index in [0.29, 0.717) is 0 Å². The first-order valence-electron chi connectivity index (χ1n) is 1.78. The quantitative estimate of drug-likeness (QED) is 0.533. The predicted octanol–water partition coefficient (Wildman–Crippen LogP) is 0.0348. The molecule has 0 aliphatic rings. The van der Waals surface area contributed by atoms with Gasteiger partial charge in [0.2, 0.25) is 0 Å². The summed E-state index contributed by atoms with van der Waals surface area (Å²) < 4.78 is 29.0. The molecule has 0 bridgehead atoms. The van der Waals surface area contributed by atoms with E-state index in [0.717, 1.165) is 0 Å². The average Bonchev–Trinajstić information content (AvgIpc) is 1.30. The molecule has 4 nitrogen and oxygen atoms in total. The number of nitrogens with one attached hydrogen (secondary N) is 1. The zero-order valence-electron chi connectivity index (χ0n) is 3.88. The Kier molecular flexibility index (Phi) is 5.15. The number of hydrogen-bond acceptors (Lipinski definition) is 2. The van der Waals surface area contributed by atoms with Gasteiger partial charge in [-0.25, -0.2) is 0 Å². The van der Waals surface area contributed by atoms with E-state index in [9.17, 15) is 8.42 Å². The summed E-state index contributed by atoms with van der Waals surface area (Å²) in [5, 5.41) is 0. The molecule has 0 aliphatic heterocycles. The van der Waals surface area contributed by atoms with Crippen LogP contribution in [0.4, 0.5) is 0 Å². The van der Waals surface area contributed by atoms with E-state index < -0.39 is 10.3 Å². The molecule has 0 aromatic rings. The third kappa shape index (κ3) is 9.30. The molecule has 0 heterocycles. The van der Waals surface area contributed by atoms with Crippen molar-refractivity contribution >= 4 is 10.3 Å². The lowest BCUT2D eigenvalue weighted by Gasteiger charge is -1.90. The van der Waals surface area contributed by atoms with Crippen molar-refractivity contribution in [3.05, 3.63) is 0 Å². The van der Waals surface area contributed by atoms with Crippen molar-refractivity contribution in [2.24, 2.45) is 0 Å². The van der Waals surface area contributed by atoms with Crippen LogP contribution in [0.5, 0.6) is 0 Å². The van der Waals surface area contributed by atoms with Gasteiger partial charge in [-0.1, -0.05) is 14.4 Å². The molecule has 0 saturated heterocycles. The van der Waals surface area contributed by atoms with Crippen LogP contribution in [0.2, 0.25) is 0 Å². The lowest BCUT2D eigenvalue weighted by atomic mass is 10.8. The second-order valence-corrected chi connectivity index (χ2v) is 2.21. The van der Waals surface area contributed by atoms with E-state index in [1.807, 2.05) is 4.72 Å². The molecule has 0 amide bonds. The standard InChI is InChI=1S/C2H7NO3S.CH4/c1-2-3-7(4,5)6;/h3H,2H2,1H3,(H,4,5,6);1H4. The third-order valence-electron chi connectivity index (χ3n) is 0.327. The molecule has 0 unspecified atom stereocenters. The Balaban J connectivity index is 0. The molecular weight excluding hydrogens is 130 g/mol. The first-order valence-corrected chi connectivity index (χ1v) is 3.22. The van der Waals surface area contributed by atoms with Gasteiger partial charge in [0.25, 0.3) is 0 Å². The van der Waals surface area contributed by atoms with E-state index >= 15 is 0 Å². The SMILES string of the molecule is C.CCNS(=O)(=O)O. The molecule has 5 heteroatoms. The minimum absolute atomic E-state index is 0. The van der Waals surface area contributed by atoms with Crippen LogP contribution >= 0.6 is 0 Å². The second-order valence-electron chi connectivity index (χ2n) is 0.973. The summed E-state index contributed by atoms with van der Waals surface area (Å²) in [6.45, 7) is 1.80. The summed E-state index contributed by atoms with van der Waals surface area (Å²) in [5.74, 6) is 0. The van der Waals surface area contributed by atoms with Crippen LogP contribution < -0.4 is 4.72 Å². The molecule has 0 rings (SSSR count). The van der Waals surface area contributed by atoms with E-state index in [1.165, 1.54) is 0 Å². The zero-order chi connectivity index (χ0) is 5.91. The highest BCUT2D eigenvalue weighted by molar-refractivity contribution is 7.83. The van der Waals surface area contributed by atoms with Crippen molar-refractivity contribution in [2.45, 2.75) is 14.4 Å². The Labute approximate surface area is 49.8 Å². The first-order chi connectivity index (χ1) is 3.06. The second kappa shape index (κ2) is 3.82. The van der Waals surface area contributed by atoms with Crippen molar-refractivity contribution in [3.63, 3.8) is 0 Å². The number of rotatable bonds is 2. The van der Waals surface area contributed by atoms with Gasteiger partial charge < -0.3 is 0 Å². The van der Waals surface area contributed by atoms with Gasteiger partial charge >= 0.3 is 10.3 Å². The van der Waals surface area contributed by atoms with Gasteiger partial charge in [-0.15, -0.1) is 0 Å². The normalized spacial score (nSPS) is 10.2. The Bertz CT molecular complexity index is 127. The van der Waals surface area contributed by atoms with E-state index in [-0.39, 0.29) is 14.0 Å². The molecule has 0 aromatic carbocycles. The molecule has 52 valence electrons. The third-order valence-corrected chi connectivity index (χ3v) is 0.980. The maximum Gasteiger partial charge on any atom is 0.333 e. The first kappa shape index (κ1) is 10.8. The molecule has 0 spiro atoms. The van der Waals surface area contributed by atoms with Gasteiger partial charge in [-0.2, -0.15) is 13.1 Å². The highest BCUT2D eigenvalue weighted by Gasteiger charge is 1.95. The Morgan fingerprint density at radius 3 is 2.00 bits per heavy atom. The molecule has 2 N–H and O–H groups in total. The Morgan fingerprint density at radius 1 is 1.62 bits per heavy atom. The van der Waals surface area contributed by atoms with Crippen molar-refractivity contribution in [1.29, 1.82) is 0 Å². The van der Waals surface area contributed by atoms with Crippen LogP contribution in [0.1, 0.15) is 14.4 Å². The van der Waals surface area contributed by atoms with E-state index in [4.69, 9.17) is 4.55 Å². The minimum Gasteiger partial charge on any atom is -0.273 e.